The molecule has 0 radical (unpaired) electrons. The number of hydrogen-bond donors (Lipinski definition) is 0. The molecule has 1 fully saturated rings. The SMILES string of the molecule is CCOC(=O)N1CCN(S(=O)(=O)c2ccc(OC)c(C(C)(C)C)c2)CC1. The van der Waals surface area contributed by atoms with Gasteiger partial charge in [-0.05, 0) is 30.5 Å². The molecule has 0 saturated carbocycles. The first kappa shape index (κ1) is 20.5. The van der Waals surface area contributed by atoms with Gasteiger partial charge in [-0.1, -0.05) is 20.8 Å². The highest BCUT2D eigenvalue weighted by atomic mass is 32.2. The van der Waals surface area contributed by atoms with Crippen LogP contribution in [0.3, 0.4) is 0 Å². The standard InChI is InChI=1S/C18H28N2O5S/c1-6-25-17(21)19-9-11-20(12-10-19)26(22,23)14-7-8-16(24-5)15(13-14)18(2,3)4/h7-8,13H,6,9-12H2,1-5H3. The summed E-state index contributed by atoms with van der Waals surface area (Å²) in [5.41, 5.74) is 0.589. The Balaban J connectivity index is 2.22. The molecule has 7 nitrogen and oxygen atoms in total. The van der Waals surface area contributed by atoms with Gasteiger partial charge in [-0.15, -0.1) is 0 Å². The van der Waals surface area contributed by atoms with Crippen molar-refractivity contribution in [1.82, 2.24) is 9.21 Å². The topological polar surface area (TPSA) is 76.2 Å². The smallest absolute Gasteiger partial charge is 0.409 e. The summed E-state index contributed by atoms with van der Waals surface area (Å²) in [4.78, 5) is 13.5. The molecule has 1 aliphatic heterocycles. The predicted molar refractivity (Wildman–Crippen MR) is 99.0 cm³/mol. The molecule has 1 aliphatic rings. The third kappa shape index (κ3) is 4.29. The molecule has 0 atom stereocenters. The van der Waals surface area contributed by atoms with E-state index in [2.05, 4.69) is 0 Å². The number of hydrogen-bond acceptors (Lipinski definition) is 5. The highest BCUT2D eigenvalue weighted by Crippen LogP contribution is 2.34. The van der Waals surface area contributed by atoms with Gasteiger partial charge >= 0.3 is 6.09 Å². The Hall–Kier alpha value is -1.80. The number of carbonyl (C=O) groups excluding carboxylic acids is 1. The molecule has 1 heterocycles. The second-order valence-electron chi connectivity index (χ2n) is 7.20. The number of amides is 1. The Morgan fingerprint density at radius 1 is 1.15 bits per heavy atom. The monoisotopic (exact) mass is 384 g/mol. The van der Waals surface area contributed by atoms with Gasteiger partial charge in [0.2, 0.25) is 10.0 Å². The van der Waals surface area contributed by atoms with Crippen LogP contribution in [0.15, 0.2) is 23.1 Å². The van der Waals surface area contributed by atoms with Gasteiger partial charge in [0.25, 0.3) is 0 Å². The molecule has 2 rings (SSSR count). The van der Waals surface area contributed by atoms with E-state index in [4.69, 9.17) is 9.47 Å². The molecular weight excluding hydrogens is 356 g/mol. The second kappa shape index (κ2) is 7.84. The lowest BCUT2D eigenvalue weighted by Crippen LogP contribution is -2.50. The minimum atomic E-state index is -3.63. The maximum Gasteiger partial charge on any atom is 0.409 e. The van der Waals surface area contributed by atoms with Crippen LogP contribution in [0.25, 0.3) is 0 Å². The fraction of sp³-hybridized carbons (Fsp3) is 0.611. The summed E-state index contributed by atoms with van der Waals surface area (Å²) in [7, 11) is -2.06. The summed E-state index contributed by atoms with van der Waals surface area (Å²) in [6.07, 6.45) is -0.399. The lowest BCUT2D eigenvalue weighted by atomic mass is 9.86. The van der Waals surface area contributed by atoms with E-state index in [1.54, 1.807) is 32.2 Å². The van der Waals surface area contributed by atoms with Gasteiger partial charge in [0, 0.05) is 31.7 Å². The van der Waals surface area contributed by atoms with Crippen molar-refractivity contribution in [2.24, 2.45) is 0 Å². The van der Waals surface area contributed by atoms with Crippen LogP contribution in [-0.2, 0) is 20.2 Å². The van der Waals surface area contributed by atoms with Gasteiger partial charge in [0.1, 0.15) is 5.75 Å². The summed E-state index contributed by atoms with van der Waals surface area (Å²) < 4.78 is 37.8. The van der Waals surface area contributed by atoms with Gasteiger partial charge in [-0.3, -0.25) is 0 Å². The molecule has 1 amide bonds. The number of nitrogens with zero attached hydrogens (tertiary/aromatic N) is 2. The second-order valence-corrected chi connectivity index (χ2v) is 9.14. The van der Waals surface area contributed by atoms with E-state index in [0.29, 0.717) is 25.4 Å². The molecule has 1 saturated heterocycles. The quantitative estimate of drug-likeness (QED) is 0.797. The maximum atomic E-state index is 13.0. The maximum absolute atomic E-state index is 13.0. The number of rotatable bonds is 4. The number of carbonyl (C=O) groups is 1. The molecule has 0 N–H and O–H groups in total. The molecule has 0 aromatic heterocycles. The first-order valence-electron chi connectivity index (χ1n) is 8.71. The van der Waals surface area contributed by atoms with E-state index >= 15 is 0 Å². The molecular formula is C18H28N2O5S. The molecule has 8 heteroatoms. The van der Waals surface area contributed by atoms with Crippen LogP contribution >= 0.6 is 0 Å². The van der Waals surface area contributed by atoms with Gasteiger partial charge in [-0.25, -0.2) is 13.2 Å². The van der Waals surface area contributed by atoms with E-state index in [9.17, 15) is 13.2 Å². The molecule has 146 valence electrons. The number of ether oxygens (including phenoxy) is 2. The number of benzene rings is 1. The van der Waals surface area contributed by atoms with Crippen molar-refractivity contribution in [2.45, 2.75) is 38.0 Å². The molecule has 0 aliphatic carbocycles. The fourth-order valence-corrected chi connectivity index (χ4v) is 4.36. The van der Waals surface area contributed by atoms with Crippen molar-refractivity contribution in [1.29, 1.82) is 0 Å². The van der Waals surface area contributed by atoms with Crippen molar-refractivity contribution in [3.8, 4) is 5.75 Å². The summed E-state index contributed by atoms with van der Waals surface area (Å²) in [5.74, 6) is 0.670. The van der Waals surface area contributed by atoms with Crippen LogP contribution < -0.4 is 4.74 Å². The highest BCUT2D eigenvalue weighted by Gasteiger charge is 2.32. The van der Waals surface area contributed by atoms with E-state index in [1.165, 1.54) is 9.21 Å². The number of methoxy groups -OCH3 is 1. The molecule has 0 unspecified atom stereocenters. The Kier molecular flexibility index (Phi) is 6.18. The van der Waals surface area contributed by atoms with Crippen molar-refractivity contribution >= 4 is 16.1 Å². The van der Waals surface area contributed by atoms with Gasteiger partial charge in [0.05, 0.1) is 18.6 Å². The van der Waals surface area contributed by atoms with Crippen LogP contribution in [0, 0.1) is 0 Å². The average molecular weight is 384 g/mol. The Morgan fingerprint density at radius 3 is 2.27 bits per heavy atom. The Labute approximate surface area is 155 Å². The van der Waals surface area contributed by atoms with Gasteiger partial charge in [0.15, 0.2) is 0 Å². The summed E-state index contributed by atoms with van der Waals surface area (Å²) in [6, 6.07) is 4.95. The lowest BCUT2D eigenvalue weighted by Gasteiger charge is -2.33. The Morgan fingerprint density at radius 2 is 1.77 bits per heavy atom. The Bertz CT molecular complexity index is 747. The van der Waals surface area contributed by atoms with E-state index < -0.39 is 16.1 Å². The van der Waals surface area contributed by atoms with E-state index in [0.717, 1.165) is 5.56 Å². The van der Waals surface area contributed by atoms with Crippen LogP contribution in [-0.4, -0.2) is 63.6 Å². The van der Waals surface area contributed by atoms with Crippen LogP contribution in [0.2, 0.25) is 0 Å². The van der Waals surface area contributed by atoms with Crippen molar-refractivity contribution in [3.63, 3.8) is 0 Å². The first-order chi connectivity index (χ1) is 12.1. The molecule has 26 heavy (non-hydrogen) atoms. The summed E-state index contributed by atoms with van der Waals surface area (Å²) in [5, 5.41) is 0. The largest absolute Gasteiger partial charge is 0.496 e. The summed E-state index contributed by atoms with van der Waals surface area (Å²) in [6.45, 7) is 9.22. The highest BCUT2D eigenvalue weighted by molar-refractivity contribution is 7.89. The van der Waals surface area contributed by atoms with Crippen molar-refractivity contribution in [3.05, 3.63) is 23.8 Å². The normalized spacial score (nSPS) is 16.4. The third-order valence-electron chi connectivity index (χ3n) is 4.38. The first-order valence-corrected chi connectivity index (χ1v) is 10.2. The van der Waals surface area contributed by atoms with Gasteiger partial charge < -0.3 is 14.4 Å². The minimum Gasteiger partial charge on any atom is -0.496 e. The van der Waals surface area contributed by atoms with Crippen LogP contribution in [0.5, 0.6) is 5.75 Å². The summed E-state index contributed by atoms with van der Waals surface area (Å²) >= 11 is 0. The van der Waals surface area contributed by atoms with E-state index in [1.807, 2.05) is 20.8 Å². The molecule has 0 bridgehead atoms. The predicted octanol–water partition coefficient (Wildman–Crippen LogP) is 2.46. The zero-order chi connectivity index (χ0) is 19.5. The molecule has 0 spiro atoms. The zero-order valence-electron chi connectivity index (χ0n) is 16.1. The third-order valence-corrected chi connectivity index (χ3v) is 6.28. The minimum absolute atomic E-state index is 0.243. The van der Waals surface area contributed by atoms with Crippen LogP contribution in [0.1, 0.15) is 33.3 Å². The lowest BCUT2D eigenvalue weighted by molar-refractivity contribution is 0.0934. The number of piperazine rings is 1. The molecule has 1 aromatic rings. The van der Waals surface area contributed by atoms with Crippen molar-refractivity contribution in [2.75, 3.05) is 39.9 Å². The van der Waals surface area contributed by atoms with E-state index in [-0.39, 0.29) is 23.4 Å². The van der Waals surface area contributed by atoms with Gasteiger partial charge in [-0.2, -0.15) is 4.31 Å². The zero-order valence-corrected chi connectivity index (χ0v) is 16.9. The average Bonchev–Trinajstić information content (AvgIpc) is 2.60. The van der Waals surface area contributed by atoms with Crippen molar-refractivity contribution < 1.29 is 22.7 Å². The number of sulfonamides is 1. The van der Waals surface area contributed by atoms with Crippen LogP contribution in [0.4, 0.5) is 4.79 Å². The molecule has 1 aromatic carbocycles. The fourth-order valence-electron chi connectivity index (χ4n) is 2.91.